The average Bonchev–Trinajstić information content (AvgIpc) is 2.32. The molecule has 0 spiro atoms. The van der Waals surface area contributed by atoms with Crippen molar-refractivity contribution in [2.45, 2.75) is 12.8 Å². The Labute approximate surface area is 85.4 Å². The summed E-state index contributed by atoms with van der Waals surface area (Å²) in [6.45, 7) is 0. The Morgan fingerprint density at radius 2 is 1.00 bits per heavy atom. The molecule has 0 aromatic rings. The molecule has 72 valence electrons. The van der Waals surface area contributed by atoms with E-state index < -0.39 is 0 Å². The van der Waals surface area contributed by atoms with Crippen LogP contribution in [-0.4, -0.2) is 0 Å². The highest BCUT2D eigenvalue weighted by molar-refractivity contribution is 5.28. The number of allylic oxidation sites excluding steroid dienone is 6. The SMILES string of the molecule is C1=CC2C=CC1[C@@H]1[C@H]2[C@@H]2C=C[C@H]1CC2. The van der Waals surface area contributed by atoms with E-state index in [9.17, 15) is 0 Å². The second kappa shape index (κ2) is 2.42. The van der Waals surface area contributed by atoms with E-state index in [1.165, 1.54) is 12.8 Å². The van der Waals surface area contributed by atoms with Crippen LogP contribution in [0.3, 0.4) is 0 Å². The summed E-state index contributed by atoms with van der Waals surface area (Å²) in [6.07, 6.45) is 17.8. The lowest BCUT2D eigenvalue weighted by Crippen LogP contribution is -2.46. The first-order valence-corrected chi connectivity index (χ1v) is 5.98. The molecule has 0 heterocycles. The zero-order valence-corrected chi connectivity index (χ0v) is 8.34. The molecule has 0 unspecified atom stereocenters. The minimum absolute atomic E-state index is 0.766. The molecular weight excluding hydrogens is 168 g/mol. The minimum atomic E-state index is 0.766. The Balaban J connectivity index is 1.85. The standard InChI is InChI=1S/C14H16/c1-2-10-4-3-9(1)13-11-5-7-12(8-6-11)14(10)13/h1-5,7,9-14H,6,8H2/t9?,10?,11-,12+,13-,14+. The van der Waals surface area contributed by atoms with Gasteiger partial charge in [0.25, 0.3) is 0 Å². The zero-order valence-electron chi connectivity index (χ0n) is 8.34. The number of rotatable bonds is 0. The Bertz CT molecular complexity index is 298. The largest absolute Gasteiger partial charge is 0.0848 e. The number of hydrogen-bond acceptors (Lipinski definition) is 0. The van der Waals surface area contributed by atoms with Gasteiger partial charge in [-0.1, -0.05) is 36.5 Å². The van der Waals surface area contributed by atoms with E-state index in [4.69, 9.17) is 0 Å². The molecule has 6 aliphatic carbocycles. The molecule has 4 bridgehead atoms. The van der Waals surface area contributed by atoms with Crippen LogP contribution in [0.15, 0.2) is 36.5 Å². The van der Waals surface area contributed by atoms with Crippen LogP contribution >= 0.6 is 0 Å². The first-order valence-electron chi connectivity index (χ1n) is 5.98. The summed E-state index contributed by atoms with van der Waals surface area (Å²) in [5, 5.41) is 0. The molecule has 14 heavy (non-hydrogen) atoms. The highest BCUT2D eigenvalue weighted by Crippen LogP contribution is 2.55. The van der Waals surface area contributed by atoms with Crippen molar-refractivity contribution in [2.75, 3.05) is 0 Å². The lowest BCUT2D eigenvalue weighted by atomic mass is 9.51. The second-order valence-corrected chi connectivity index (χ2v) is 5.37. The molecule has 0 amide bonds. The minimum Gasteiger partial charge on any atom is -0.0848 e. The lowest BCUT2D eigenvalue weighted by Gasteiger charge is -2.53. The topological polar surface area (TPSA) is 0 Å². The predicted octanol–water partition coefficient (Wildman–Crippen LogP) is 3.19. The molecule has 0 radical (unpaired) electrons. The van der Waals surface area contributed by atoms with Crippen molar-refractivity contribution in [3.05, 3.63) is 36.5 Å². The van der Waals surface area contributed by atoms with Crippen molar-refractivity contribution in [1.82, 2.24) is 0 Å². The molecule has 1 saturated carbocycles. The summed E-state index contributed by atoms with van der Waals surface area (Å²) in [4.78, 5) is 0. The van der Waals surface area contributed by atoms with Gasteiger partial charge in [0.15, 0.2) is 0 Å². The monoisotopic (exact) mass is 184 g/mol. The van der Waals surface area contributed by atoms with E-state index in [-0.39, 0.29) is 0 Å². The van der Waals surface area contributed by atoms with E-state index in [1.807, 2.05) is 0 Å². The molecule has 1 fully saturated rings. The van der Waals surface area contributed by atoms with E-state index in [0.29, 0.717) is 0 Å². The van der Waals surface area contributed by atoms with Crippen LogP contribution < -0.4 is 0 Å². The van der Waals surface area contributed by atoms with Crippen LogP contribution in [0, 0.1) is 35.5 Å². The van der Waals surface area contributed by atoms with Gasteiger partial charge in [0.2, 0.25) is 0 Å². The molecule has 0 N–H and O–H groups in total. The third-order valence-corrected chi connectivity index (χ3v) is 4.87. The molecule has 0 aliphatic heterocycles. The van der Waals surface area contributed by atoms with Crippen LogP contribution in [0.5, 0.6) is 0 Å². The Morgan fingerprint density at radius 3 is 1.36 bits per heavy atom. The first-order chi connectivity index (χ1) is 6.93. The van der Waals surface area contributed by atoms with Crippen molar-refractivity contribution in [3.8, 4) is 0 Å². The quantitative estimate of drug-likeness (QED) is 0.507. The first kappa shape index (κ1) is 7.50. The summed E-state index contributed by atoms with van der Waals surface area (Å²) < 4.78 is 0. The maximum Gasteiger partial charge on any atom is -0.00160 e. The van der Waals surface area contributed by atoms with Crippen LogP contribution in [0.25, 0.3) is 0 Å². The molecule has 6 rings (SSSR count). The smallest absolute Gasteiger partial charge is 0.00160 e. The van der Waals surface area contributed by atoms with Crippen molar-refractivity contribution in [1.29, 1.82) is 0 Å². The Kier molecular flexibility index (Phi) is 1.30. The summed E-state index contributed by atoms with van der Waals surface area (Å²) in [6, 6.07) is 0. The maximum absolute atomic E-state index is 2.51. The van der Waals surface area contributed by atoms with Gasteiger partial charge in [-0.3, -0.25) is 0 Å². The van der Waals surface area contributed by atoms with Gasteiger partial charge in [-0.25, -0.2) is 0 Å². The summed E-state index contributed by atoms with van der Waals surface area (Å²) in [7, 11) is 0. The van der Waals surface area contributed by atoms with Gasteiger partial charge in [-0.05, 0) is 48.3 Å². The molecule has 0 saturated heterocycles. The van der Waals surface area contributed by atoms with Gasteiger partial charge >= 0.3 is 0 Å². The maximum atomic E-state index is 2.51. The van der Waals surface area contributed by atoms with Gasteiger partial charge in [0, 0.05) is 0 Å². The van der Waals surface area contributed by atoms with Crippen molar-refractivity contribution in [3.63, 3.8) is 0 Å². The van der Waals surface area contributed by atoms with Crippen molar-refractivity contribution >= 4 is 0 Å². The Morgan fingerprint density at radius 1 is 0.571 bits per heavy atom. The fourth-order valence-corrected chi connectivity index (χ4v) is 4.31. The van der Waals surface area contributed by atoms with E-state index in [2.05, 4.69) is 36.5 Å². The molecule has 0 aromatic heterocycles. The number of fused-ring (bicyclic) bond motifs is 1. The third kappa shape index (κ3) is 0.762. The van der Waals surface area contributed by atoms with Gasteiger partial charge < -0.3 is 0 Å². The van der Waals surface area contributed by atoms with Gasteiger partial charge in [0.1, 0.15) is 0 Å². The zero-order chi connectivity index (χ0) is 9.12. The normalized spacial score (nSPS) is 56.6. The van der Waals surface area contributed by atoms with Gasteiger partial charge in [-0.2, -0.15) is 0 Å². The molecule has 6 aliphatic rings. The van der Waals surface area contributed by atoms with Crippen molar-refractivity contribution < 1.29 is 0 Å². The molecule has 0 heteroatoms. The number of hydrogen-bond donors (Lipinski definition) is 0. The van der Waals surface area contributed by atoms with Gasteiger partial charge in [-0.15, -0.1) is 0 Å². The highest BCUT2D eigenvalue weighted by atomic mass is 14.5. The summed E-state index contributed by atoms with van der Waals surface area (Å²) in [5.41, 5.74) is 0. The summed E-state index contributed by atoms with van der Waals surface area (Å²) >= 11 is 0. The Hall–Kier alpha value is -0.780. The molecule has 4 atom stereocenters. The van der Waals surface area contributed by atoms with E-state index in [0.717, 1.165) is 35.5 Å². The van der Waals surface area contributed by atoms with Crippen LogP contribution in [0.4, 0.5) is 0 Å². The van der Waals surface area contributed by atoms with Gasteiger partial charge in [0.05, 0.1) is 0 Å². The van der Waals surface area contributed by atoms with Crippen molar-refractivity contribution in [2.24, 2.45) is 35.5 Å². The summed E-state index contributed by atoms with van der Waals surface area (Å²) in [5.74, 6) is 5.24. The highest BCUT2D eigenvalue weighted by Gasteiger charge is 2.48. The van der Waals surface area contributed by atoms with E-state index >= 15 is 0 Å². The molecule has 0 aromatic carbocycles. The lowest BCUT2D eigenvalue weighted by molar-refractivity contribution is 0.0636. The van der Waals surface area contributed by atoms with Crippen LogP contribution in [0.1, 0.15) is 12.8 Å². The molecular formula is C14H16. The third-order valence-electron chi connectivity index (χ3n) is 4.87. The fourth-order valence-electron chi connectivity index (χ4n) is 4.31. The predicted molar refractivity (Wildman–Crippen MR) is 57.6 cm³/mol. The van der Waals surface area contributed by atoms with E-state index in [1.54, 1.807) is 0 Å². The second-order valence-electron chi connectivity index (χ2n) is 5.37. The van der Waals surface area contributed by atoms with Crippen LogP contribution in [0.2, 0.25) is 0 Å². The average molecular weight is 184 g/mol. The van der Waals surface area contributed by atoms with Crippen LogP contribution in [-0.2, 0) is 0 Å². The fraction of sp³-hybridized carbons (Fsp3) is 0.571. The molecule has 0 nitrogen and oxygen atoms in total.